The molecule has 0 heterocycles. The van der Waals surface area contributed by atoms with Crippen molar-refractivity contribution in [1.82, 2.24) is 0 Å². The zero-order valence-electron chi connectivity index (χ0n) is 6.09. The predicted octanol–water partition coefficient (Wildman–Crippen LogP) is 0.680. The van der Waals surface area contributed by atoms with E-state index in [1.807, 2.05) is 0 Å². The van der Waals surface area contributed by atoms with E-state index in [0.29, 0.717) is 23.9 Å². The molecule has 0 bridgehead atoms. The molecule has 0 aromatic heterocycles. The largest absolute Gasteiger partial charge is 0.330 e. The quantitative estimate of drug-likeness (QED) is 0.558. The molecule has 1 aliphatic carbocycles. The van der Waals surface area contributed by atoms with Crippen LogP contribution >= 0.6 is 11.6 Å². The van der Waals surface area contributed by atoms with E-state index in [2.05, 4.69) is 0 Å². The van der Waals surface area contributed by atoms with Crippen molar-refractivity contribution in [3.05, 3.63) is 0 Å². The Morgan fingerprint density at radius 1 is 1.40 bits per heavy atom. The number of nitrogens with two attached hydrogens (primary N) is 2. The summed E-state index contributed by atoms with van der Waals surface area (Å²) in [6.45, 7) is 0.685. The molecule has 0 aromatic carbocycles. The van der Waals surface area contributed by atoms with Crippen molar-refractivity contribution >= 4 is 11.6 Å². The molecule has 0 aromatic rings. The standard InChI is InChI=1S/C7H15ClN2/c8-6-1-2-7(10)5(3-6)4-9/h5-7H,1-4,9-10H2. The number of rotatable bonds is 1. The lowest BCUT2D eigenvalue weighted by Gasteiger charge is -2.30. The molecule has 3 atom stereocenters. The van der Waals surface area contributed by atoms with Crippen LogP contribution in [0.2, 0.25) is 0 Å². The van der Waals surface area contributed by atoms with Crippen LogP contribution in [0.4, 0.5) is 0 Å². The number of halogens is 1. The van der Waals surface area contributed by atoms with E-state index in [1.165, 1.54) is 0 Å². The smallest absolute Gasteiger partial charge is 0.0340 e. The SMILES string of the molecule is NCC1CC(Cl)CCC1N. The third-order valence-electron chi connectivity index (χ3n) is 2.28. The molecule has 1 aliphatic rings. The van der Waals surface area contributed by atoms with Crippen molar-refractivity contribution in [2.45, 2.75) is 30.7 Å². The average Bonchev–Trinajstić information content (AvgIpc) is 1.94. The van der Waals surface area contributed by atoms with Crippen molar-refractivity contribution in [3.63, 3.8) is 0 Å². The Kier molecular flexibility index (Phi) is 2.96. The molecular formula is C7H15ClN2. The van der Waals surface area contributed by atoms with Gasteiger partial charge in [0.1, 0.15) is 0 Å². The zero-order chi connectivity index (χ0) is 7.56. The molecule has 10 heavy (non-hydrogen) atoms. The van der Waals surface area contributed by atoms with E-state index in [9.17, 15) is 0 Å². The summed E-state index contributed by atoms with van der Waals surface area (Å²) in [5.74, 6) is 0.455. The first kappa shape index (κ1) is 8.31. The van der Waals surface area contributed by atoms with Gasteiger partial charge in [-0.05, 0) is 31.7 Å². The molecule has 0 radical (unpaired) electrons. The first-order chi connectivity index (χ1) is 4.74. The van der Waals surface area contributed by atoms with Gasteiger partial charge >= 0.3 is 0 Å². The minimum absolute atomic E-state index is 0.292. The van der Waals surface area contributed by atoms with Crippen LogP contribution in [0.1, 0.15) is 19.3 Å². The molecule has 0 saturated heterocycles. The van der Waals surface area contributed by atoms with Crippen LogP contribution in [0, 0.1) is 5.92 Å². The lowest BCUT2D eigenvalue weighted by Crippen LogP contribution is -2.40. The van der Waals surface area contributed by atoms with Crippen LogP contribution < -0.4 is 11.5 Å². The summed E-state index contributed by atoms with van der Waals surface area (Å²) in [4.78, 5) is 0. The van der Waals surface area contributed by atoms with Gasteiger partial charge in [0.05, 0.1) is 0 Å². The highest BCUT2D eigenvalue weighted by molar-refractivity contribution is 6.20. The van der Waals surface area contributed by atoms with Crippen molar-refractivity contribution in [2.75, 3.05) is 6.54 Å². The fraction of sp³-hybridized carbons (Fsp3) is 1.00. The van der Waals surface area contributed by atoms with Gasteiger partial charge in [-0.2, -0.15) is 0 Å². The second-order valence-corrected chi connectivity index (χ2v) is 3.69. The molecule has 4 N–H and O–H groups in total. The maximum Gasteiger partial charge on any atom is 0.0340 e. The molecular weight excluding hydrogens is 148 g/mol. The Morgan fingerprint density at radius 2 is 2.10 bits per heavy atom. The minimum Gasteiger partial charge on any atom is -0.330 e. The molecule has 3 unspecified atom stereocenters. The van der Waals surface area contributed by atoms with E-state index >= 15 is 0 Å². The van der Waals surface area contributed by atoms with Gasteiger partial charge in [0.25, 0.3) is 0 Å². The van der Waals surface area contributed by atoms with Gasteiger partial charge in [-0.25, -0.2) is 0 Å². The molecule has 3 heteroatoms. The van der Waals surface area contributed by atoms with Crippen LogP contribution in [0.15, 0.2) is 0 Å². The summed E-state index contributed by atoms with van der Waals surface area (Å²) in [5, 5.41) is 0.313. The third-order valence-corrected chi connectivity index (χ3v) is 2.68. The molecule has 1 rings (SSSR count). The van der Waals surface area contributed by atoms with Gasteiger partial charge in [-0.15, -0.1) is 11.6 Å². The number of alkyl halides is 1. The summed E-state index contributed by atoms with van der Waals surface area (Å²) in [7, 11) is 0. The van der Waals surface area contributed by atoms with Crippen molar-refractivity contribution < 1.29 is 0 Å². The van der Waals surface area contributed by atoms with E-state index < -0.39 is 0 Å². The Hall–Kier alpha value is 0.210. The normalized spacial score (nSPS) is 41.7. The van der Waals surface area contributed by atoms with E-state index in [1.54, 1.807) is 0 Å². The van der Waals surface area contributed by atoms with Gasteiger partial charge in [0.2, 0.25) is 0 Å². The summed E-state index contributed by atoms with van der Waals surface area (Å²) < 4.78 is 0. The Bertz CT molecular complexity index is 108. The molecule has 2 nitrogen and oxygen atoms in total. The fourth-order valence-electron chi connectivity index (χ4n) is 1.50. The molecule has 0 aliphatic heterocycles. The fourth-order valence-corrected chi connectivity index (χ4v) is 1.86. The zero-order valence-corrected chi connectivity index (χ0v) is 6.85. The topological polar surface area (TPSA) is 52.0 Å². The van der Waals surface area contributed by atoms with Crippen LogP contribution in [-0.2, 0) is 0 Å². The predicted molar refractivity (Wildman–Crippen MR) is 44.0 cm³/mol. The first-order valence-electron chi connectivity index (χ1n) is 3.83. The Morgan fingerprint density at radius 3 is 2.60 bits per heavy atom. The van der Waals surface area contributed by atoms with Gasteiger partial charge in [0.15, 0.2) is 0 Å². The van der Waals surface area contributed by atoms with Crippen LogP contribution in [0.3, 0.4) is 0 Å². The second kappa shape index (κ2) is 3.56. The summed E-state index contributed by atoms with van der Waals surface area (Å²) in [5.41, 5.74) is 11.3. The molecule has 1 saturated carbocycles. The lowest BCUT2D eigenvalue weighted by molar-refractivity contribution is 0.319. The van der Waals surface area contributed by atoms with Gasteiger partial charge in [-0.1, -0.05) is 0 Å². The average molecular weight is 163 g/mol. The van der Waals surface area contributed by atoms with Crippen molar-refractivity contribution in [1.29, 1.82) is 0 Å². The molecule has 1 fully saturated rings. The molecule has 0 amide bonds. The van der Waals surface area contributed by atoms with Crippen LogP contribution in [-0.4, -0.2) is 18.0 Å². The third kappa shape index (κ3) is 1.84. The lowest BCUT2D eigenvalue weighted by atomic mass is 9.85. The monoisotopic (exact) mass is 162 g/mol. The van der Waals surface area contributed by atoms with Crippen LogP contribution in [0.25, 0.3) is 0 Å². The Balaban J connectivity index is 2.38. The maximum absolute atomic E-state index is 5.94. The van der Waals surface area contributed by atoms with Crippen molar-refractivity contribution in [3.8, 4) is 0 Å². The van der Waals surface area contributed by atoms with E-state index in [4.69, 9.17) is 23.1 Å². The minimum atomic E-state index is 0.292. The van der Waals surface area contributed by atoms with Gasteiger partial charge in [-0.3, -0.25) is 0 Å². The summed E-state index contributed by atoms with van der Waals surface area (Å²) in [6, 6.07) is 0.292. The maximum atomic E-state index is 5.94. The Labute approximate surface area is 66.9 Å². The van der Waals surface area contributed by atoms with Crippen molar-refractivity contribution in [2.24, 2.45) is 17.4 Å². The van der Waals surface area contributed by atoms with Gasteiger partial charge in [0, 0.05) is 11.4 Å². The summed E-state index contributed by atoms with van der Waals surface area (Å²) in [6.07, 6.45) is 3.09. The van der Waals surface area contributed by atoms with Crippen LogP contribution in [0.5, 0.6) is 0 Å². The number of hydrogen-bond donors (Lipinski definition) is 2. The highest BCUT2D eigenvalue weighted by atomic mass is 35.5. The van der Waals surface area contributed by atoms with E-state index in [0.717, 1.165) is 19.3 Å². The molecule has 60 valence electrons. The van der Waals surface area contributed by atoms with E-state index in [-0.39, 0.29) is 0 Å². The highest BCUT2D eigenvalue weighted by Crippen LogP contribution is 2.26. The highest BCUT2D eigenvalue weighted by Gasteiger charge is 2.25. The first-order valence-corrected chi connectivity index (χ1v) is 4.27. The van der Waals surface area contributed by atoms with Gasteiger partial charge < -0.3 is 11.5 Å². The molecule has 0 spiro atoms. The number of hydrogen-bond acceptors (Lipinski definition) is 2. The summed E-state index contributed by atoms with van der Waals surface area (Å²) >= 11 is 5.94. The second-order valence-electron chi connectivity index (χ2n) is 3.07.